The van der Waals surface area contributed by atoms with Gasteiger partial charge < -0.3 is 0 Å². The van der Waals surface area contributed by atoms with E-state index >= 15 is 0 Å². The van der Waals surface area contributed by atoms with Gasteiger partial charge in [-0.15, -0.1) is 0 Å². The summed E-state index contributed by atoms with van der Waals surface area (Å²) in [6.45, 7) is 6.39. The smallest absolute Gasteiger partial charge is 0.133 e. The van der Waals surface area contributed by atoms with Gasteiger partial charge in [-0.05, 0) is 37.0 Å². The number of carbonyl (C=O) groups is 1. The average Bonchev–Trinajstić information content (AvgIpc) is 2.03. The van der Waals surface area contributed by atoms with Crippen molar-refractivity contribution in [1.82, 2.24) is 0 Å². The minimum Gasteiger partial charge on any atom is -0.300 e. The van der Waals surface area contributed by atoms with Gasteiger partial charge in [0.25, 0.3) is 0 Å². The summed E-state index contributed by atoms with van der Waals surface area (Å²) in [5, 5.41) is 0. The fourth-order valence-corrected chi connectivity index (χ4v) is 2.96. The Labute approximate surface area is 80.2 Å². The van der Waals surface area contributed by atoms with E-state index < -0.39 is 0 Å². The molecule has 2 bridgehead atoms. The van der Waals surface area contributed by atoms with Gasteiger partial charge in [-0.25, -0.2) is 0 Å². The van der Waals surface area contributed by atoms with Crippen molar-refractivity contribution in [2.45, 2.75) is 40.0 Å². The second kappa shape index (κ2) is 2.70. The maximum Gasteiger partial charge on any atom is 0.133 e. The highest BCUT2D eigenvalue weighted by atomic mass is 16.1. The molecule has 13 heavy (non-hydrogen) atoms. The molecule has 0 N–H and O–H groups in total. The third kappa shape index (κ3) is 1.25. The summed E-state index contributed by atoms with van der Waals surface area (Å²) in [6, 6.07) is 0. The summed E-state index contributed by atoms with van der Waals surface area (Å²) in [6.07, 6.45) is 5.53. The van der Waals surface area contributed by atoms with E-state index in [1.165, 1.54) is 18.4 Å². The van der Waals surface area contributed by atoms with Crippen LogP contribution >= 0.6 is 0 Å². The van der Waals surface area contributed by atoms with Crippen molar-refractivity contribution in [3.8, 4) is 0 Å². The third-order valence-electron chi connectivity index (χ3n) is 4.04. The molecule has 3 aliphatic carbocycles. The van der Waals surface area contributed by atoms with E-state index in [1.807, 2.05) is 0 Å². The number of hydrogen-bond acceptors (Lipinski definition) is 1. The van der Waals surface area contributed by atoms with Crippen LogP contribution in [0.2, 0.25) is 0 Å². The van der Waals surface area contributed by atoms with Crippen molar-refractivity contribution in [2.75, 3.05) is 0 Å². The predicted octanol–water partition coefficient (Wildman–Crippen LogP) is 2.96. The maximum absolute atomic E-state index is 11.0. The van der Waals surface area contributed by atoms with Gasteiger partial charge in [-0.2, -0.15) is 0 Å². The van der Waals surface area contributed by atoms with Crippen LogP contribution in [0.3, 0.4) is 0 Å². The molecule has 3 rings (SSSR count). The second-order valence-electron chi connectivity index (χ2n) is 5.20. The van der Waals surface area contributed by atoms with Crippen LogP contribution in [0.4, 0.5) is 0 Å². The number of rotatable bonds is 2. The van der Waals surface area contributed by atoms with Crippen LogP contribution in [0.15, 0.2) is 11.6 Å². The number of fused-ring (bicyclic) bond motifs is 1. The molecule has 0 aliphatic heterocycles. The molecule has 2 atom stereocenters. The molecule has 0 aromatic carbocycles. The summed E-state index contributed by atoms with van der Waals surface area (Å²) < 4.78 is 0. The minimum absolute atomic E-state index is 0.312. The molecule has 2 unspecified atom stereocenters. The Morgan fingerprint density at radius 2 is 2.31 bits per heavy atom. The molecule has 0 saturated heterocycles. The number of carbonyl (C=O) groups excluding carboxylic acids is 1. The van der Waals surface area contributed by atoms with Gasteiger partial charge in [0.15, 0.2) is 0 Å². The van der Waals surface area contributed by atoms with Gasteiger partial charge >= 0.3 is 0 Å². The Balaban J connectivity index is 2.14. The van der Waals surface area contributed by atoms with Crippen molar-refractivity contribution in [3.05, 3.63) is 11.6 Å². The zero-order valence-electron chi connectivity index (χ0n) is 8.76. The number of Topliss-reactive ketones (excluding diaryl/α,β-unsaturated/α-hetero) is 1. The quantitative estimate of drug-likeness (QED) is 0.594. The summed E-state index contributed by atoms with van der Waals surface area (Å²) in [7, 11) is 0. The topological polar surface area (TPSA) is 17.1 Å². The first kappa shape index (κ1) is 8.98. The van der Waals surface area contributed by atoms with E-state index in [4.69, 9.17) is 0 Å². The van der Waals surface area contributed by atoms with Gasteiger partial charge in [0, 0.05) is 6.42 Å². The highest BCUT2D eigenvalue weighted by Gasteiger charge is 2.50. The van der Waals surface area contributed by atoms with E-state index in [0.717, 1.165) is 5.92 Å². The SMILES string of the molecule is CC(=O)CC1=CCC2CC1C2(C)C. The monoisotopic (exact) mass is 178 g/mol. The number of allylic oxidation sites excluding steroid dienone is 2. The van der Waals surface area contributed by atoms with Gasteiger partial charge in [0.2, 0.25) is 0 Å². The zero-order valence-corrected chi connectivity index (χ0v) is 8.76. The Morgan fingerprint density at radius 1 is 1.62 bits per heavy atom. The molecule has 3 aliphatic rings. The normalized spacial score (nSPS) is 34.8. The van der Waals surface area contributed by atoms with Crippen LogP contribution < -0.4 is 0 Å². The van der Waals surface area contributed by atoms with Crippen LogP contribution in [0, 0.1) is 17.3 Å². The molecule has 0 heterocycles. The highest BCUT2D eigenvalue weighted by Crippen LogP contribution is 2.59. The molecule has 0 radical (unpaired) electrons. The van der Waals surface area contributed by atoms with E-state index in [-0.39, 0.29) is 0 Å². The van der Waals surface area contributed by atoms with Crippen LogP contribution in [0.5, 0.6) is 0 Å². The van der Waals surface area contributed by atoms with Crippen molar-refractivity contribution >= 4 is 5.78 Å². The lowest BCUT2D eigenvalue weighted by Gasteiger charge is -2.56. The molecule has 0 aromatic heterocycles. The first-order valence-corrected chi connectivity index (χ1v) is 5.20. The maximum atomic E-state index is 11.0. The fraction of sp³-hybridized carbons (Fsp3) is 0.750. The number of hydrogen-bond donors (Lipinski definition) is 0. The Kier molecular flexibility index (Phi) is 1.86. The molecule has 1 heteroatoms. The average molecular weight is 178 g/mol. The standard InChI is InChI=1S/C12H18O/c1-8(13)6-9-4-5-10-7-11(9)12(10,2)3/h4,10-11H,5-7H2,1-3H3. The predicted molar refractivity (Wildman–Crippen MR) is 53.4 cm³/mol. The Bertz CT molecular complexity index is 273. The third-order valence-corrected chi connectivity index (χ3v) is 4.04. The van der Waals surface area contributed by atoms with E-state index in [0.29, 0.717) is 23.5 Å². The summed E-state index contributed by atoms with van der Waals surface area (Å²) in [5.74, 6) is 1.90. The molecule has 1 fully saturated rings. The van der Waals surface area contributed by atoms with Crippen molar-refractivity contribution < 1.29 is 4.79 Å². The van der Waals surface area contributed by atoms with Gasteiger partial charge in [0.05, 0.1) is 0 Å². The van der Waals surface area contributed by atoms with Crippen molar-refractivity contribution in [1.29, 1.82) is 0 Å². The lowest BCUT2D eigenvalue weighted by Crippen LogP contribution is -2.48. The Morgan fingerprint density at radius 3 is 2.77 bits per heavy atom. The highest BCUT2D eigenvalue weighted by molar-refractivity contribution is 5.78. The molecule has 0 aromatic rings. The lowest BCUT2D eigenvalue weighted by atomic mass is 9.48. The molecule has 0 amide bonds. The molecule has 1 nitrogen and oxygen atoms in total. The Hall–Kier alpha value is -0.590. The lowest BCUT2D eigenvalue weighted by molar-refractivity contribution is -0.117. The fourth-order valence-electron chi connectivity index (χ4n) is 2.96. The summed E-state index contributed by atoms with van der Waals surface area (Å²) >= 11 is 0. The molecular formula is C12H18O. The van der Waals surface area contributed by atoms with Crippen LogP contribution in [0.1, 0.15) is 40.0 Å². The minimum atomic E-state index is 0.312. The second-order valence-corrected chi connectivity index (χ2v) is 5.20. The molecule has 1 saturated carbocycles. The summed E-state index contributed by atoms with van der Waals surface area (Å²) in [4.78, 5) is 11.0. The largest absolute Gasteiger partial charge is 0.300 e. The first-order chi connectivity index (χ1) is 6.01. The van der Waals surface area contributed by atoms with Gasteiger partial charge in [-0.3, -0.25) is 4.79 Å². The van der Waals surface area contributed by atoms with Crippen LogP contribution in [-0.2, 0) is 4.79 Å². The van der Waals surface area contributed by atoms with Gasteiger partial charge in [0.1, 0.15) is 5.78 Å². The van der Waals surface area contributed by atoms with E-state index in [2.05, 4.69) is 19.9 Å². The van der Waals surface area contributed by atoms with Gasteiger partial charge in [-0.1, -0.05) is 25.5 Å². The summed E-state index contributed by atoms with van der Waals surface area (Å²) in [5.41, 5.74) is 1.89. The van der Waals surface area contributed by atoms with E-state index in [1.54, 1.807) is 6.92 Å². The van der Waals surface area contributed by atoms with Crippen LogP contribution in [-0.4, -0.2) is 5.78 Å². The molecule has 0 spiro atoms. The zero-order chi connectivity index (χ0) is 9.64. The number of ketones is 1. The van der Waals surface area contributed by atoms with Crippen molar-refractivity contribution in [3.63, 3.8) is 0 Å². The molecular weight excluding hydrogens is 160 g/mol. The van der Waals surface area contributed by atoms with Crippen molar-refractivity contribution in [2.24, 2.45) is 17.3 Å². The first-order valence-electron chi connectivity index (χ1n) is 5.20. The molecule has 72 valence electrons. The van der Waals surface area contributed by atoms with E-state index in [9.17, 15) is 4.79 Å². The van der Waals surface area contributed by atoms with Crippen LogP contribution in [0.25, 0.3) is 0 Å².